The topological polar surface area (TPSA) is 237 Å². The van der Waals surface area contributed by atoms with E-state index in [0.717, 1.165) is 108 Å². The van der Waals surface area contributed by atoms with Gasteiger partial charge in [-0.3, -0.25) is 37.3 Å². The maximum absolute atomic E-state index is 13.1. The Morgan fingerprint density at radius 1 is 0.279 bits per heavy atom. The van der Waals surface area contributed by atoms with Gasteiger partial charge in [-0.15, -0.1) is 0 Å². The van der Waals surface area contributed by atoms with Crippen LogP contribution >= 0.6 is 15.6 Å². The van der Waals surface area contributed by atoms with Crippen LogP contribution in [0.1, 0.15) is 447 Å². The number of aliphatic hydroxyl groups is 1. The number of unbranched alkanes of at least 4 members (excludes halogenated alkanes) is 50. The normalized spacial score (nSPS) is 14.2. The summed E-state index contributed by atoms with van der Waals surface area (Å²) in [5.74, 6) is 0.207. The molecular formula is C85H166O17P2. The standard InChI is InChI=1S/C85H166O17P2/c1-8-10-11-12-13-14-15-16-17-18-19-20-21-22-23-30-35-40-45-54-61-68-84(89)101-80(72-95-82(87)66-59-52-44-39-34-29-25-24-28-33-38-43-51-58-65-78(7)9-2)74-99-103(91,92)97-70-79(86)71-98-104(93,94)100-75-81(73-96-83(88)67-60-53-48-47-50-57-64-77(5)6)102-85(90)69-62-55-46-41-36-31-26-27-32-37-42-49-56-63-76(3)4/h76-81,86H,8-75H2,1-7H3,(H,91,92)(H,93,94)/t78?,79-,80-,81-/m1/s1. The van der Waals surface area contributed by atoms with Crippen molar-refractivity contribution in [1.29, 1.82) is 0 Å². The summed E-state index contributed by atoms with van der Waals surface area (Å²) in [6, 6.07) is 0. The molecule has 0 amide bonds. The number of phosphoric ester groups is 2. The number of phosphoric acid groups is 2. The molecular weight excluding hydrogens is 1350 g/mol. The highest BCUT2D eigenvalue weighted by Crippen LogP contribution is 2.45. The minimum absolute atomic E-state index is 0.106. The van der Waals surface area contributed by atoms with E-state index in [0.29, 0.717) is 31.6 Å². The monoisotopic (exact) mass is 1520 g/mol. The molecule has 0 aromatic carbocycles. The first-order chi connectivity index (χ1) is 50.3. The Morgan fingerprint density at radius 3 is 0.731 bits per heavy atom. The Labute approximate surface area is 638 Å². The molecule has 0 fully saturated rings. The van der Waals surface area contributed by atoms with E-state index in [1.165, 1.54) is 250 Å². The molecule has 0 rings (SSSR count). The molecule has 6 atom stereocenters. The summed E-state index contributed by atoms with van der Waals surface area (Å²) in [5.41, 5.74) is 0. The van der Waals surface area contributed by atoms with Crippen molar-refractivity contribution in [1.82, 2.24) is 0 Å². The third kappa shape index (κ3) is 76.8. The number of carbonyl (C=O) groups excluding carboxylic acids is 4. The smallest absolute Gasteiger partial charge is 0.462 e. The average Bonchev–Trinajstić information content (AvgIpc) is 0.903. The highest BCUT2D eigenvalue weighted by atomic mass is 31.2. The lowest BCUT2D eigenvalue weighted by molar-refractivity contribution is -0.161. The summed E-state index contributed by atoms with van der Waals surface area (Å²) in [5, 5.41) is 10.7. The third-order valence-corrected chi connectivity index (χ3v) is 22.1. The zero-order chi connectivity index (χ0) is 76.5. The van der Waals surface area contributed by atoms with Gasteiger partial charge in [0.1, 0.15) is 19.3 Å². The predicted octanol–water partition coefficient (Wildman–Crippen LogP) is 25.7. The molecule has 0 aliphatic rings. The van der Waals surface area contributed by atoms with Gasteiger partial charge >= 0.3 is 39.5 Å². The van der Waals surface area contributed by atoms with Crippen molar-refractivity contribution in [2.75, 3.05) is 39.6 Å². The van der Waals surface area contributed by atoms with Crippen LogP contribution in [0.3, 0.4) is 0 Å². The Kier molecular flexibility index (Phi) is 73.7. The number of esters is 4. The predicted molar refractivity (Wildman–Crippen MR) is 428 cm³/mol. The van der Waals surface area contributed by atoms with Crippen LogP contribution in [0.5, 0.6) is 0 Å². The van der Waals surface area contributed by atoms with Crippen molar-refractivity contribution in [3.8, 4) is 0 Å². The molecule has 0 aliphatic carbocycles. The molecule has 0 spiro atoms. The van der Waals surface area contributed by atoms with E-state index in [1.807, 2.05) is 0 Å². The van der Waals surface area contributed by atoms with E-state index < -0.39 is 97.5 Å². The summed E-state index contributed by atoms with van der Waals surface area (Å²) < 4.78 is 68.8. The Morgan fingerprint density at radius 2 is 0.490 bits per heavy atom. The first kappa shape index (κ1) is 102. The molecule has 0 aliphatic heterocycles. The van der Waals surface area contributed by atoms with E-state index in [-0.39, 0.29) is 25.7 Å². The molecule has 3 unspecified atom stereocenters. The molecule has 0 saturated heterocycles. The molecule has 3 N–H and O–H groups in total. The Hall–Kier alpha value is -1.94. The molecule has 0 aromatic heterocycles. The van der Waals surface area contributed by atoms with Crippen LogP contribution < -0.4 is 0 Å². The summed E-state index contributed by atoms with van der Waals surface area (Å²) in [6.45, 7) is 12.0. The largest absolute Gasteiger partial charge is 0.472 e. The number of ether oxygens (including phenoxy) is 4. The first-order valence-electron chi connectivity index (χ1n) is 43.9. The highest BCUT2D eigenvalue weighted by molar-refractivity contribution is 7.47. The minimum Gasteiger partial charge on any atom is -0.462 e. The molecule has 0 bridgehead atoms. The minimum atomic E-state index is -4.97. The van der Waals surface area contributed by atoms with Gasteiger partial charge in [-0.05, 0) is 43.4 Å². The summed E-state index contributed by atoms with van der Waals surface area (Å²) in [6.07, 6.45) is 65.4. The molecule has 618 valence electrons. The van der Waals surface area contributed by atoms with Gasteiger partial charge in [0.2, 0.25) is 0 Å². The van der Waals surface area contributed by atoms with Crippen LogP contribution in [0.25, 0.3) is 0 Å². The SMILES string of the molecule is CCCCCCCCCCCCCCCCCCCCCCCC(=O)O[C@H](COC(=O)CCCCCCCCCCCCCCCCC(C)CC)COP(=O)(O)OC[C@@H](O)COP(=O)(O)OC[C@@H](COC(=O)CCCCCCCCC(C)C)OC(=O)CCCCCCCCCCCCCCCC(C)C. The number of rotatable bonds is 83. The highest BCUT2D eigenvalue weighted by Gasteiger charge is 2.30. The van der Waals surface area contributed by atoms with Crippen LogP contribution in [0.15, 0.2) is 0 Å². The second kappa shape index (κ2) is 75.1. The summed E-state index contributed by atoms with van der Waals surface area (Å²) >= 11 is 0. The summed E-state index contributed by atoms with van der Waals surface area (Å²) in [7, 11) is -9.93. The van der Waals surface area contributed by atoms with Gasteiger partial charge in [0.25, 0.3) is 0 Å². The third-order valence-electron chi connectivity index (χ3n) is 20.2. The number of hydrogen-bond acceptors (Lipinski definition) is 15. The fraction of sp³-hybridized carbons (Fsp3) is 0.953. The number of hydrogen-bond donors (Lipinski definition) is 3. The van der Waals surface area contributed by atoms with Gasteiger partial charge in [-0.25, -0.2) is 9.13 Å². The van der Waals surface area contributed by atoms with Crippen LogP contribution in [-0.4, -0.2) is 96.7 Å². The van der Waals surface area contributed by atoms with Crippen molar-refractivity contribution < 1.29 is 80.2 Å². The lowest BCUT2D eigenvalue weighted by Gasteiger charge is -2.21. The fourth-order valence-electron chi connectivity index (χ4n) is 13.2. The quantitative estimate of drug-likeness (QED) is 0.0222. The Bertz CT molecular complexity index is 2010. The molecule has 0 aromatic rings. The molecule has 0 radical (unpaired) electrons. The lowest BCUT2D eigenvalue weighted by Crippen LogP contribution is -2.30. The van der Waals surface area contributed by atoms with Crippen molar-refractivity contribution >= 4 is 39.5 Å². The van der Waals surface area contributed by atoms with Gasteiger partial charge in [0.05, 0.1) is 26.4 Å². The fourth-order valence-corrected chi connectivity index (χ4v) is 14.7. The van der Waals surface area contributed by atoms with E-state index in [4.69, 9.17) is 37.0 Å². The van der Waals surface area contributed by atoms with Gasteiger partial charge in [0.15, 0.2) is 12.2 Å². The zero-order valence-electron chi connectivity index (χ0n) is 68.5. The van der Waals surface area contributed by atoms with Crippen LogP contribution in [0.2, 0.25) is 0 Å². The molecule has 19 heteroatoms. The van der Waals surface area contributed by atoms with Gasteiger partial charge < -0.3 is 33.8 Å². The van der Waals surface area contributed by atoms with E-state index >= 15 is 0 Å². The molecule has 104 heavy (non-hydrogen) atoms. The first-order valence-corrected chi connectivity index (χ1v) is 46.9. The molecule has 17 nitrogen and oxygen atoms in total. The van der Waals surface area contributed by atoms with Gasteiger partial charge in [-0.2, -0.15) is 0 Å². The molecule has 0 saturated carbocycles. The number of aliphatic hydroxyl groups excluding tert-OH is 1. The molecule has 0 heterocycles. The van der Waals surface area contributed by atoms with Crippen LogP contribution in [-0.2, 0) is 65.4 Å². The number of carbonyl (C=O) groups is 4. The van der Waals surface area contributed by atoms with Crippen molar-refractivity contribution in [2.24, 2.45) is 17.8 Å². The zero-order valence-corrected chi connectivity index (χ0v) is 70.3. The second-order valence-electron chi connectivity index (χ2n) is 31.8. The van der Waals surface area contributed by atoms with Crippen molar-refractivity contribution in [3.05, 3.63) is 0 Å². The van der Waals surface area contributed by atoms with Crippen molar-refractivity contribution in [2.45, 2.75) is 465 Å². The van der Waals surface area contributed by atoms with Crippen LogP contribution in [0, 0.1) is 17.8 Å². The summed E-state index contributed by atoms with van der Waals surface area (Å²) in [4.78, 5) is 73.1. The van der Waals surface area contributed by atoms with Gasteiger partial charge in [-0.1, -0.05) is 395 Å². The van der Waals surface area contributed by atoms with E-state index in [9.17, 15) is 43.2 Å². The average molecular weight is 1520 g/mol. The Balaban J connectivity index is 5.22. The van der Waals surface area contributed by atoms with E-state index in [1.54, 1.807) is 0 Å². The maximum Gasteiger partial charge on any atom is 0.472 e. The second-order valence-corrected chi connectivity index (χ2v) is 34.7. The van der Waals surface area contributed by atoms with E-state index in [2.05, 4.69) is 48.5 Å². The maximum atomic E-state index is 13.1. The van der Waals surface area contributed by atoms with Gasteiger partial charge in [0, 0.05) is 25.7 Å². The lowest BCUT2D eigenvalue weighted by atomic mass is 9.99. The van der Waals surface area contributed by atoms with Crippen molar-refractivity contribution in [3.63, 3.8) is 0 Å². The van der Waals surface area contributed by atoms with Crippen LogP contribution in [0.4, 0.5) is 0 Å².